The highest BCUT2D eigenvalue weighted by Gasteiger charge is 2.32. The van der Waals surface area contributed by atoms with Crippen LogP contribution >= 0.6 is 0 Å². The third-order valence-electron chi connectivity index (χ3n) is 3.74. The number of rotatable bonds is 8. The molecule has 0 heterocycles. The quantitative estimate of drug-likeness (QED) is 0.637. The third kappa shape index (κ3) is 4.64. The van der Waals surface area contributed by atoms with Crippen molar-refractivity contribution in [1.82, 2.24) is 0 Å². The number of hydrogen-bond acceptors (Lipinski definition) is 2. The van der Waals surface area contributed by atoms with E-state index in [1.807, 2.05) is 12.2 Å². The minimum absolute atomic E-state index is 0.198. The average Bonchev–Trinajstić information content (AvgIpc) is 2.39. The van der Waals surface area contributed by atoms with Crippen LogP contribution in [0.2, 0.25) is 0 Å². The molecule has 0 aromatic heterocycles. The van der Waals surface area contributed by atoms with Gasteiger partial charge in [0.2, 0.25) is 0 Å². The van der Waals surface area contributed by atoms with Gasteiger partial charge in [0, 0.05) is 12.5 Å². The summed E-state index contributed by atoms with van der Waals surface area (Å²) in [6.07, 6.45) is 16.1. The fourth-order valence-corrected chi connectivity index (χ4v) is 2.45. The molecule has 0 aliphatic heterocycles. The molecule has 98 valence electrons. The predicted octanol–water partition coefficient (Wildman–Crippen LogP) is 3.17. The van der Waals surface area contributed by atoms with Gasteiger partial charge in [-0.05, 0) is 12.8 Å². The van der Waals surface area contributed by atoms with Crippen LogP contribution in [0.1, 0.15) is 51.9 Å². The molecule has 1 aliphatic rings. The second-order valence-corrected chi connectivity index (χ2v) is 5.13. The van der Waals surface area contributed by atoms with Crippen molar-refractivity contribution in [2.75, 3.05) is 6.54 Å². The Bertz CT molecular complexity index is 260. The van der Waals surface area contributed by atoms with Gasteiger partial charge in [-0.2, -0.15) is 0 Å². The van der Waals surface area contributed by atoms with Gasteiger partial charge in [0.05, 0.1) is 5.60 Å². The molecule has 0 saturated carbocycles. The van der Waals surface area contributed by atoms with Gasteiger partial charge in [-0.25, -0.2) is 0 Å². The summed E-state index contributed by atoms with van der Waals surface area (Å²) in [7, 11) is 0. The molecule has 17 heavy (non-hydrogen) atoms. The maximum atomic E-state index is 10.6. The van der Waals surface area contributed by atoms with Crippen molar-refractivity contribution in [2.45, 2.75) is 57.5 Å². The zero-order chi connectivity index (χ0) is 12.6. The van der Waals surface area contributed by atoms with E-state index in [-0.39, 0.29) is 5.92 Å². The molecule has 2 atom stereocenters. The number of allylic oxidation sites excluding steroid dienone is 3. The normalized spacial score (nSPS) is 22.6. The summed E-state index contributed by atoms with van der Waals surface area (Å²) in [6, 6.07) is 0. The third-order valence-corrected chi connectivity index (χ3v) is 3.74. The van der Waals surface area contributed by atoms with Crippen LogP contribution < -0.4 is 5.73 Å². The Hall–Kier alpha value is -0.600. The molecule has 2 heteroatoms. The molecule has 0 spiro atoms. The van der Waals surface area contributed by atoms with Crippen LogP contribution in [0.25, 0.3) is 0 Å². The number of nitrogens with two attached hydrogens (primary N) is 1. The van der Waals surface area contributed by atoms with E-state index in [1.54, 1.807) is 0 Å². The first-order valence-corrected chi connectivity index (χ1v) is 6.98. The molecule has 0 amide bonds. The van der Waals surface area contributed by atoms with Gasteiger partial charge in [-0.1, -0.05) is 63.3 Å². The van der Waals surface area contributed by atoms with E-state index in [9.17, 15) is 5.11 Å². The van der Waals surface area contributed by atoms with E-state index >= 15 is 0 Å². The molecule has 0 radical (unpaired) electrons. The van der Waals surface area contributed by atoms with E-state index in [2.05, 4.69) is 19.1 Å². The number of unbranched alkanes of at least 4 members (excludes halogenated alkanes) is 4. The highest BCUT2D eigenvalue weighted by atomic mass is 16.3. The minimum atomic E-state index is -0.701. The van der Waals surface area contributed by atoms with Crippen LogP contribution in [0.3, 0.4) is 0 Å². The molecule has 0 aromatic carbocycles. The van der Waals surface area contributed by atoms with Gasteiger partial charge in [0.1, 0.15) is 0 Å². The highest BCUT2D eigenvalue weighted by Crippen LogP contribution is 2.29. The lowest BCUT2D eigenvalue weighted by Crippen LogP contribution is -2.44. The first-order chi connectivity index (χ1) is 8.23. The molecule has 3 N–H and O–H groups in total. The van der Waals surface area contributed by atoms with Crippen LogP contribution in [-0.4, -0.2) is 17.3 Å². The second kappa shape index (κ2) is 7.67. The number of aliphatic hydroxyl groups is 1. The van der Waals surface area contributed by atoms with Crippen LogP contribution in [0, 0.1) is 5.92 Å². The first kappa shape index (κ1) is 14.5. The minimum Gasteiger partial charge on any atom is -0.388 e. The molecule has 1 rings (SSSR count). The molecule has 2 nitrogen and oxygen atoms in total. The molecule has 1 aliphatic carbocycles. The van der Waals surface area contributed by atoms with Crippen LogP contribution in [-0.2, 0) is 0 Å². The topological polar surface area (TPSA) is 46.2 Å². The summed E-state index contributed by atoms with van der Waals surface area (Å²) in [5.41, 5.74) is 5.07. The summed E-state index contributed by atoms with van der Waals surface area (Å²) in [4.78, 5) is 0. The first-order valence-electron chi connectivity index (χ1n) is 6.98. The molecule has 0 fully saturated rings. The van der Waals surface area contributed by atoms with Crippen molar-refractivity contribution in [3.8, 4) is 0 Å². The zero-order valence-electron chi connectivity index (χ0n) is 11.1. The van der Waals surface area contributed by atoms with E-state index in [4.69, 9.17) is 5.73 Å². The zero-order valence-corrected chi connectivity index (χ0v) is 11.1. The Labute approximate surface area is 106 Å². The van der Waals surface area contributed by atoms with Gasteiger partial charge in [0.15, 0.2) is 0 Å². The molecule has 2 unspecified atom stereocenters. The SMILES string of the molecule is CCCCCCCC(O)(CN)C1C=CC=CC1. The van der Waals surface area contributed by atoms with E-state index in [0.29, 0.717) is 6.54 Å². The summed E-state index contributed by atoms with van der Waals surface area (Å²) < 4.78 is 0. The van der Waals surface area contributed by atoms with Gasteiger partial charge in [0.25, 0.3) is 0 Å². The highest BCUT2D eigenvalue weighted by molar-refractivity contribution is 5.15. The van der Waals surface area contributed by atoms with Crippen LogP contribution in [0.4, 0.5) is 0 Å². The fourth-order valence-electron chi connectivity index (χ4n) is 2.45. The fraction of sp³-hybridized carbons (Fsp3) is 0.733. The Morgan fingerprint density at radius 2 is 2.00 bits per heavy atom. The number of hydrogen-bond donors (Lipinski definition) is 2. The Balaban J connectivity index is 2.34. The van der Waals surface area contributed by atoms with E-state index < -0.39 is 5.60 Å². The largest absolute Gasteiger partial charge is 0.388 e. The Morgan fingerprint density at radius 1 is 1.24 bits per heavy atom. The Morgan fingerprint density at radius 3 is 2.59 bits per heavy atom. The van der Waals surface area contributed by atoms with E-state index in [0.717, 1.165) is 19.3 Å². The smallest absolute Gasteiger partial charge is 0.0834 e. The van der Waals surface area contributed by atoms with Crippen molar-refractivity contribution >= 4 is 0 Å². The molecule has 0 bridgehead atoms. The summed E-state index contributed by atoms with van der Waals surface area (Å²) in [5, 5.41) is 10.6. The summed E-state index contributed by atoms with van der Waals surface area (Å²) in [6.45, 7) is 2.58. The van der Waals surface area contributed by atoms with Crippen molar-refractivity contribution < 1.29 is 5.11 Å². The van der Waals surface area contributed by atoms with Crippen LogP contribution in [0.15, 0.2) is 24.3 Å². The maximum absolute atomic E-state index is 10.6. The molecular formula is C15H27NO. The van der Waals surface area contributed by atoms with Crippen LogP contribution in [0.5, 0.6) is 0 Å². The van der Waals surface area contributed by atoms with Gasteiger partial charge in [-0.15, -0.1) is 0 Å². The lowest BCUT2D eigenvalue weighted by Gasteiger charge is -2.34. The van der Waals surface area contributed by atoms with E-state index in [1.165, 1.54) is 25.7 Å². The molecule has 0 saturated heterocycles. The second-order valence-electron chi connectivity index (χ2n) is 5.13. The standard InChI is InChI=1S/C15H27NO/c1-2-3-4-5-9-12-15(17,13-16)14-10-7-6-8-11-14/h6-8,10,14,17H,2-5,9,11-13,16H2,1H3. The summed E-state index contributed by atoms with van der Waals surface area (Å²) >= 11 is 0. The van der Waals surface area contributed by atoms with Gasteiger partial charge < -0.3 is 10.8 Å². The van der Waals surface area contributed by atoms with Gasteiger partial charge >= 0.3 is 0 Å². The lowest BCUT2D eigenvalue weighted by atomic mass is 9.79. The van der Waals surface area contributed by atoms with Crippen molar-refractivity contribution in [1.29, 1.82) is 0 Å². The predicted molar refractivity (Wildman–Crippen MR) is 73.8 cm³/mol. The van der Waals surface area contributed by atoms with Crippen molar-refractivity contribution in [2.24, 2.45) is 11.7 Å². The Kier molecular flexibility index (Phi) is 6.53. The maximum Gasteiger partial charge on any atom is 0.0834 e. The van der Waals surface area contributed by atoms with Gasteiger partial charge in [-0.3, -0.25) is 0 Å². The van der Waals surface area contributed by atoms with Crippen molar-refractivity contribution in [3.05, 3.63) is 24.3 Å². The van der Waals surface area contributed by atoms with Crippen molar-refractivity contribution in [3.63, 3.8) is 0 Å². The lowest BCUT2D eigenvalue weighted by molar-refractivity contribution is -0.00182. The summed E-state index contributed by atoms with van der Waals surface area (Å²) in [5.74, 6) is 0.198. The molecule has 0 aromatic rings. The average molecular weight is 237 g/mol. The molecular weight excluding hydrogens is 210 g/mol. The monoisotopic (exact) mass is 237 g/mol.